The van der Waals surface area contributed by atoms with Gasteiger partial charge in [0.2, 0.25) is 11.0 Å². The zero-order chi connectivity index (χ0) is 16.9. The van der Waals surface area contributed by atoms with Crippen molar-refractivity contribution in [1.29, 1.82) is 0 Å². The molecule has 0 aliphatic carbocycles. The number of nitrogens with zero attached hydrogens (tertiary/aromatic N) is 4. The summed E-state index contributed by atoms with van der Waals surface area (Å²) in [5, 5.41) is 8.01. The number of ketones is 1. The van der Waals surface area contributed by atoms with Gasteiger partial charge in [0.15, 0.2) is 10.1 Å². The third-order valence-electron chi connectivity index (χ3n) is 3.80. The van der Waals surface area contributed by atoms with Crippen LogP contribution in [-0.4, -0.2) is 50.6 Å². The normalized spacial score (nSPS) is 17.7. The number of carbonyl (C=O) groups excluding carboxylic acids is 2. The first-order valence-corrected chi connectivity index (χ1v) is 9.38. The maximum atomic E-state index is 12.5. The van der Waals surface area contributed by atoms with Crippen LogP contribution < -0.4 is 5.73 Å². The number of carbonyl (C=O) groups is 2. The molecule has 0 saturated carbocycles. The van der Waals surface area contributed by atoms with Gasteiger partial charge in [-0.15, -0.1) is 10.2 Å². The number of likely N-dealkylation sites (tertiary alicyclic amines) is 1. The summed E-state index contributed by atoms with van der Waals surface area (Å²) < 4.78 is 0.680. The van der Waals surface area contributed by atoms with Crippen molar-refractivity contribution < 1.29 is 9.59 Å². The van der Waals surface area contributed by atoms with Gasteiger partial charge in [0.1, 0.15) is 5.69 Å². The molecular formula is C15H17N5O2S2. The Morgan fingerprint density at radius 2 is 2.25 bits per heavy atom. The fourth-order valence-corrected chi connectivity index (χ4v) is 4.17. The average molecular weight is 363 g/mol. The van der Waals surface area contributed by atoms with E-state index in [1.807, 2.05) is 0 Å². The number of nitrogen functional groups attached to an aromatic ring is 1. The lowest BCUT2D eigenvalue weighted by Crippen LogP contribution is -2.43. The summed E-state index contributed by atoms with van der Waals surface area (Å²) in [6, 6.07) is 5.31. The summed E-state index contributed by atoms with van der Waals surface area (Å²) in [7, 11) is 0. The summed E-state index contributed by atoms with van der Waals surface area (Å²) in [4.78, 5) is 30.8. The van der Waals surface area contributed by atoms with Crippen molar-refractivity contribution in [1.82, 2.24) is 20.1 Å². The minimum atomic E-state index is -0.181. The Bertz CT molecular complexity index is 722. The molecule has 0 radical (unpaired) electrons. The monoisotopic (exact) mass is 363 g/mol. The number of hydrogen-bond donors (Lipinski definition) is 1. The smallest absolute Gasteiger partial charge is 0.233 e. The van der Waals surface area contributed by atoms with Crippen LogP contribution >= 0.6 is 23.1 Å². The molecule has 2 aromatic rings. The molecule has 7 nitrogen and oxygen atoms in total. The standard InChI is InChI=1S/C15H17N5O2S2/c16-14-18-19-15(24-14)23-9-12(21)20-7-3-4-10(8-20)13(22)11-5-1-2-6-17-11/h1-2,5-6,10H,3-4,7-9H2,(H2,16,18). The van der Waals surface area contributed by atoms with Gasteiger partial charge in [-0.25, -0.2) is 0 Å². The van der Waals surface area contributed by atoms with Crippen molar-refractivity contribution in [2.75, 3.05) is 24.6 Å². The number of thioether (sulfide) groups is 1. The van der Waals surface area contributed by atoms with Crippen LogP contribution in [-0.2, 0) is 4.79 Å². The molecule has 9 heteroatoms. The maximum absolute atomic E-state index is 12.5. The zero-order valence-electron chi connectivity index (χ0n) is 12.9. The Kier molecular flexibility index (Phi) is 5.41. The second-order valence-corrected chi connectivity index (χ2v) is 7.68. The molecule has 24 heavy (non-hydrogen) atoms. The number of anilines is 1. The number of amides is 1. The summed E-state index contributed by atoms with van der Waals surface area (Å²) in [6.45, 7) is 1.14. The molecule has 0 spiro atoms. The summed E-state index contributed by atoms with van der Waals surface area (Å²) in [5.41, 5.74) is 6.00. The largest absolute Gasteiger partial charge is 0.374 e. The van der Waals surface area contributed by atoms with Crippen molar-refractivity contribution in [2.24, 2.45) is 5.92 Å². The van der Waals surface area contributed by atoms with E-state index >= 15 is 0 Å². The lowest BCUT2D eigenvalue weighted by molar-refractivity contribution is -0.129. The van der Waals surface area contributed by atoms with Crippen LogP contribution in [0.25, 0.3) is 0 Å². The molecule has 1 aliphatic rings. The van der Waals surface area contributed by atoms with Gasteiger partial charge in [-0.05, 0) is 25.0 Å². The van der Waals surface area contributed by atoms with E-state index in [1.165, 1.54) is 23.1 Å². The highest BCUT2D eigenvalue weighted by molar-refractivity contribution is 8.01. The Morgan fingerprint density at radius 3 is 2.96 bits per heavy atom. The Balaban J connectivity index is 1.56. The van der Waals surface area contributed by atoms with Gasteiger partial charge in [0.05, 0.1) is 5.75 Å². The molecule has 2 N–H and O–H groups in total. The van der Waals surface area contributed by atoms with Gasteiger partial charge >= 0.3 is 0 Å². The molecule has 126 valence electrons. The van der Waals surface area contributed by atoms with Crippen LogP contribution in [0.4, 0.5) is 5.13 Å². The summed E-state index contributed by atoms with van der Waals surface area (Å²) >= 11 is 2.59. The van der Waals surface area contributed by atoms with Crippen molar-refractivity contribution in [2.45, 2.75) is 17.2 Å². The molecule has 1 fully saturated rings. The van der Waals surface area contributed by atoms with E-state index in [9.17, 15) is 9.59 Å². The topological polar surface area (TPSA) is 102 Å². The second kappa shape index (κ2) is 7.71. The van der Waals surface area contributed by atoms with Crippen molar-refractivity contribution in [3.63, 3.8) is 0 Å². The zero-order valence-corrected chi connectivity index (χ0v) is 14.6. The number of pyridine rings is 1. The molecule has 1 unspecified atom stereocenters. The minimum absolute atomic E-state index is 0.00675. The highest BCUT2D eigenvalue weighted by Gasteiger charge is 2.29. The number of hydrogen-bond acceptors (Lipinski definition) is 8. The van der Waals surface area contributed by atoms with Gasteiger partial charge in [0.25, 0.3) is 0 Å². The van der Waals surface area contributed by atoms with Crippen LogP contribution in [0.3, 0.4) is 0 Å². The van der Waals surface area contributed by atoms with E-state index in [-0.39, 0.29) is 23.4 Å². The Hall–Kier alpha value is -2.00. The van der Waals surface area contributed by atoms with Crippen molar-refractivity contribution in [3.8, 4) is 0 Å². The number of Topliss-reactive ketones (excluding diaryl/α,β-unsaturated/α-hetero) is 1. The average Bonchev–Trinajstić information content (AvgIpc) is 3.05. The van der Waals surface area contributed by atoms with Gasteiger partial charge in [0, 0.05) is 25.2 Å². The van der Waals surface area contributed by atoms with Crippen LogP contribution in [0, 0.1) is 5.92 Å². The molecule has 1 saturated heterocycles. The molecule has 3 rings (SSSR count). The second-order valence-electron chi connectivity index (χ2n) is 5.45. The number of rotatable bonds is 5. The highest BCUT2D eigenvalue weighted by atomic mass is 32.2. The van der Waals surface area contributed by atoms with E-state index < -0.39 is 0 Å². The van der Waals surface area contributed by atoms with Crippen LogP contribution in [0.1, 0.15) is 23.3 Å². The van der Waals surface area contributed by atoms with Crippen LogP contribution in [0.5, 0.6) is 0 Å². The molecule has 3 heterocycles. The van der Waals surface area contributed by atoms with Gasteiger partial charge < -0.3 is 10.6 Å². The predicted octanol–water partition coefficient (Wildman–Crippen LogP) is 1.73. The first-order valence-electron chi connectivity index (χ1n) is 7.58. The van der Waals surface area contributed by atoms with E-state index in [4.69, 9.17) is 5.73 Å². The molecule has 1 atom stereocenters. The third kappa shape index (κ3) is 4.09. The predicted molar refractivity (Wildman–Crippen MR) is 92.9 cm³/mol. The van der Waals surface area contributed by atoms with Gasteiger partial charge in [-0.3, -0.25) is 14.6 Å². The molecule has 1 amide bonds. The molecule has 0 bridgehead atoms. The summed E-state index contributed by atoms with van der Waals surface area (Å²) in [6.07, 6.45) is 3.23. The van der Waals surface area contributed by atoms with Crippen LogP contribution in [0.2, 0.25) is 0 Å². The quantitative estimate of drug-likeness (QED) is 0.637. The Labute approximate surface area is 147 Å². The number of piperidine rings is 1. The SMILES string of the molecule is Nc1nnc(SCC(=O)N2CCCC(C(=O)c3ccccn3)C2)s1. The van der Waals surface area contributed by atoms with Gasteiger partial charge in [-0.1, -0.05) is 29.2 Å². The third-order valence-corrected chi connectivity index (χ3v) is 5.67. The summed E-state index contributed by atoms with van der Waals surface area (Å²) in [5.74, 6) is 0.115. The Morgan fingerprint density at radius 1 is 1.38 bits per heavy atom. The van der Waals surface area contributed by atoms with Crippen LogP contribution in [0.15, 0.2) is 28.7 Å². The molecule has 2 aromatic heterocycles. The molecule has 1 aliphatic heterocycles. The first-order chi connectivity index (χ1) is 11.6. The lowest BCUT2D eigenvalue weighted by Gasteiger charge is -2.31. The maximum Gasteiger partial charge on any atom is 0.233 e. The first kappa shape index (κ1) is 16.8. The van der Waals surface area contributed by atoms with Crippen molar-refractivity contribution >= 4 is 39.9 Å². The lowest BCUT2D eigenvalue weighted by atomic mass is 9.92. The molecular weight excluding hydrogens is 346 g/mol. The van der Waals surface area contributed by atoms with Gasteiger partial charge in [-0.2, -0.15) is 0 Å². The minimum Gasteiger partial charge on any atom is -0.374 e. The fraction of sp³-hybridized carbons (Fsp3) is 0.400. The fourth-order valence-electron chi connectivity index (χ4n) is 2.63. The van der Waals surface area contributed by atoms with E-state index in [2.05, 4.69) is 15.2 Å². The van der Waals surface area contributed by atoms with E-state index in [0.717, 1.165) is 12.8 Å². The highest BCUT2D eigenvalue weighted by Crippen LogP contribution is 2.25. The number of aromatic nitrogens is 3. The number of nitrogens with two attached hydrogens (primary N) is 1. The van der Waals surface area contributed by atoms with E-state index in [1.54, 1.807) is 29.3 Å². The molecule has 0 aromatic carbocycles. The van der Waals surface area contributed by atoms with E-state index in [0.29, 0.717) is 28.3 Å². The van der Waals surface area contributed by atoms with Crippen molar-refractivity contribution in [3.05, 3.63) is 30.1 Å².